The Morgan fingerprint density at radius 1 is 1.20 bits per heavy atom. The van der Waals surface area contributed by atoms with Gasteiger partial charge in [0.2, 0.25) is 11.8 Å². The third kappa shape index (κ3) is 4.37. The van der Waals surface area contributed by atoms with Crippen LogP contribution in [0.25, 0.3) is 10.8 Å². The second-order valence-electron chi connectivity index (χ2n) is 7.46. The summed E-state index contributed by atoms with van der Waals surface area (Å²) in [5, 5.41) is 19.8. The molecule has 8 nitrogen and oxygen atoms in total. The number of hydrogen-bond acceptors (Lipinski definition) is 5. The SMILES string of the molecule is C=CC(=O)NCC(NC(=O)C1CCc2nnnn2CC1)c1ccc2ccccc2c1. The Morgan fingerprint density at radius 2 is 2.03 bits per heavy atom. The Morgan fingerprint density at radius 3 is 2.87 bits per heavy atom. The van der Waals surface area contributed by atoms with E-state index in [0.29, 0.717) is 25.8 Å². The Balaban J connectivity index is 1.51. The van der Waals surface area contributed by atoms with Crippen LogP contribution in [0.2, 0.25) is 0 Å². The molecule has 154 valence electrons. The third-order valence-corrected chi connectivity index (χ3v) is 5.54. The van der Waals surface area contributed by atoms with Gasteiger partial charge in [-0.3, -0.25) is 9.59 Å². The van der Waals surface area contributed by atoms with Gasteiger partial charge in [0.15, 0.2) is 5.82 Å². The van der Waals surface area contributed by atoms with Gasteiger partial charge in [0.1, 0.15) is 0 Å². The lowest BCUT2D eigenvalue weighted by atomic mass is 9.97. The summed E-state index contributed by atoms with van der Waals surface area (Å²) in [5.74, 6) is 0.370. The van der Waals surface area contributed by atoms with E-state index in [4.69, 9.17) is 0 Å². The molecule has 2 amide bonds. The Labute approximate surface area is 174 Å². The Kier molecular flexibility index (Phi) is 5.83. The van der Waals surface area contributed by atoms with Gasteiger partial charge in [-0.2, -0.15) is 0 Å². The van der Waals surface area contributed by atoms with Crippen LogP contribution in [0.4, 0.5) is 0 Å². The maximum absolute atomic E-state index is 13.1. The van der Waals surface area contributed by atoms with Crippen molar-refractivity contribution in [3.63, 3.8) is 0 Å². The molecule has 2 N–H and O–H groups in total. The van der Waals surface area contributed by atoms with Crippen LogP contribution in [-0.4, -0.2) is 38.6 Å². The first kappa shape index (κ1) is 19.8. The van der Waals surface area contributed by atoms with Crippen LogP contribution in [0.5, 0.6) is 0 Å². The van der Waals surface area contributed by atoms with Crippen LogP contribution in [-0.2, 0) is 22.6 Å². The van der Waals surface area contributed by atoms with E-state index in [0.717, 1.165) is 22.2 Å². The van der Waals surface area contributed by atoms with Crippen molar-refractivity contribution in [1.29, 1.82) is 0 Å². The summed E-state index contributed by atoms with van der Waals surface area (Å²) in [4.78, 5) is 24.8. The number of nitrogens with zero attached hydrogens (tertiary/aromatic N) is 4. The van der Waals surface area contributed by atoms with Gasteiger partial charge < -0.3 is 10.6 Å². The van der Waals surface area contributed by atoms with Gasteiger partial charge in [0.05, 0.1) is 6.04 Å². The number of carbonyl (C=O) groups is 2. The average molecular weight is 404 g/mol. The van der Waals surface area contributed by atoms with E-state index in [1.54, 1.807) is 4.68 Å². The van der Waals surface area contributed by atoms with Crippen LogP contribution in [0, 0.1) is 5.92 Å². The largest absolute Gasteiger partial charge is 0.350 e. The minimum Gasteiger partial charge on any atom is -0.350 e. The number of carbonyl (C=O) groups excluding carboxylic acids is 2. The van der Waals surface area contributed by atoms with Gasteiger partial charge in [-0.25, -0.2) is 4.68 Å². The number of aromatic nitrogens is 4. The number of nitrogens with one attached hydrogen (secondary N) is 2. The number of fused-ring (bicyclic) bond motifs is 2. The molecule has 1 aliphatic heterocycles. The van der Waals surface area contributed by atoms with E-state index in [2.05, 4.69) is 38.8 Å². The number of tetrazole rings is 1. The monoisotopic (exact) mass is 404 g/mol. The lowest BCUT2D eigenvalue weighted by Crippen LogP contribution is -2.40. The molecule has 8 heteroatoms. The fourth-order valence-corrected chi connectivity index (χ4v) is 3.81. The first-order valence-electron chi connectivity index (χ1n) is 10.1. The maximum atomic E-state index is 13.1. The van der Waals surface area contributed by atoms with Crippen LogP contribution in [0.15, 0.2) is 55.1 Å². The van der Waals surface area contributed by atoms with Crippen molar-refractivity contribution in [3.8, 4) is 0 Å². The zero-order valence-electron chi connectivity index (χ0n) is 16.6. The van der Waals surface area contributed by atoms with Gasteiger partial charge in [0, 0.05) is 25.4 Å². The van der Waals surface area contributed by atoms with Crippen molar-refractivity contribution in [1.82, 2.24) is 30.8 Å². The third-order valence-electron chi connectivity index (χ3n) is 5.54. The summed E-state index contributed by atoms with van der Waals surface area (Å²) in [6.07, 6.45) is 3.26. The van der Waals surface area contributed by atoms with E-state index >= 15 is 0 Å². The van der Waals surface area contributed by atoms with E-state index in [1.807, 2.05) is 36.4 Å². The van der Waals surface area contributed by atoms with Crippen molar-refractivity contribution in [2.45, 2.75) is 31.8 Å². The molecule has 0 saturated heterocycles. The first-order valence-corrected chi connectivity index (χ1v) is 10.1. The molecule has 2 atom stereocenters. The van der Waals surface area contributed by atoms with E-state index in [9.17, 15) is 9.59 Å². The van der Waals surface area contributed by atoms with Crippen LogP contribution < -0.4 is 10.6 Å². The molecule has 0 spiro atoms. The van der Waals surface area contributed by atoms with Crippen molar-refractivity contribution in [3.05, 3.63) is 66.5 Å². The second kappa shape index (κ2) is 8.86. The predicted octanol–water partition coefficient (Wildman–Crippen LogP) is 1.94. The zero-order chi connectivity index (χ0) is 20.9. The minimum absolute atomic E-state index is 0.0280. The van der Waals surface area contributed by atoms with E-state index in [-0.39, 0.29) is 30.3 Å². The van der Waals surface area contributed by atoms with Crippen molar-refractivity contribution in [2.24, 2.45) is 5.92 Å². The predicted molar refractivity (Wildman–Crippen MR) is 112 cm³/mol. The average Bonchev–Trinajstić information content (AvgIpc) is 3.13. The van der Waals surface area contributed by atoms with Gasteiger partial charge >= 0.3 is 0 Å². The molecule has 3 aromatic rings. The second-order valence-corrected chi connectivity index (χ2v) is 7.46. The van der Waals surface area contributed by atoms with Crippen LogP contribution >= 0.6 is 0 Å². The smallest absolute Gasteiger partial charge is 0.243 e. The van der Waals surface area contributed by atoms with Crippen molar-refractivity contribution in [2.75, 3.05) is 6.54 Å². The van der Waals surface area contributed by atoms with Crippen LogP contribution in [0.1, 0.15) is 30.3 Å². The van der Waals surface area contributed by atoms with E-state index in [1.165, 1.54) is 6.08 Å². The van der Waals surface area contributed by atoms with Gasteiger partial charge in [-0.05, 0) is 51.7 Å². The molecule has 0 bridgehead atoms. The summed E-state index contributed by atoms with van der Waals surface area (Å²) in [5.41, 5.74) is 0.943. The zero-order valence-corrected chi connectivity index (χ0v) is 16.6. The molecule has 0 fully saturated rings. The number of amides is 2. The fourth-order valence-electron chi connectivity index (χ4n) is 3.81. The van der Waals surface area contributed by atoms with Gasteiger partial charge in [-0.15, -0.1) is 5.10 Å². The highest BCUT2D eigenvalue weighted by Gasteiger charge is 2.26. The molecular weight excluding hydrogens is 380 g/mol. The molecule has 0 saturated carbocycles. The minimum atomic E-state index is -0.342. The fraction of sp³-hybridized carbons (Fsp3) is 0.318. The quantitative estimate of drug-likeness (QED) is 0.612. The topological polar surface area (TPSA) is 102 Å². The highest BCUT2D eigenvalue weighted by Crippen LogP contribution is 2.23. The lowest BCUT2D eigenvalue weighted by molar-refractivity contribution is -0.126. The molecule has 30 heavy (non-hydrogen) atoms. The van der Waals surface area contributed by atoms with E-state index < -0.39 is 0 Å². The summed E-state index contributed by atoms with van der Waals surface area (Å²) in [7, 11) is 0. The normalized spacial score (nSPS) is 16.9. The summed E-state index contributed by atoms with van der Waals surface area (Å²) >= 11 is 0. The Bertz CT molecular complexity index is 1050. The number of hydrogen-bond donors (Lipinski definition) is 2. The molecule has 2 aromatic carbocycles. The molecule has 4 rings (SSSR count). The lowest BCUT2D eigenvalue weighted by Gasteiger charge is -2.23. The maximum Gasteiger partial charge on any atom is 0.243 e. The van der Waals surface area contributed by atoms with Crippen molar-refractivity contribution < 1.29 is 9.59 Å². The molecule has 2 heterocycles. The number of rotatable bonds is 6. The standard InChI is InChI=1S/C22H24N6O2/c1-2-21(29)23-14-19(18-8-7-15-5-3-4-6-17(15)13-18)24-22(30)16-9-10-20-25-26-27-28(20)12-11-16/h2-8,13,16,19H,1,9-12,14H2,(H,23,29)(H,24,30). The summed E-state index contributed by atoms with van der Waals surface area (Å²) in [6.45, 7) is 4.40. The summed E-state index contributed by atoms with van der Waals surface area (Å²) in [6, 6.07) is 13.8. The molecule has 0 aliphatic carbocycles. The highest BCUT2D eigenvalue weighted by atomic mass is 16.2. The van der Waals surface area contributed by atoms with Gasteiger partial charge in [-0.1, -0.05) is 43.0 Å². The molecule has 1 aliphatic rings. The molecular formula is C22H24N6O2. The van der Waals surface area contributed by atoms with Gasteiger partial charge in [0.25, 0.3) is 0 Å². The Hall–Kier alpha value is -3.55. The van der Waals surface area contributed by atoms with Crippen molar-refractivity contribution >= 4 is 22.6 Å². The number of aryl methyl sites for hydroxylation is 2. The van der Waals surface area contributed by atoms with Crippen LogP contribution in [0.3, 0.4) is 0 Å². The summed E-state index contributed by atoms with van der Waals surface area (Å²) < 4.78 is 1.76. The number of benzene rings is 2. The highest BCUT2D eigenvalue weighted by molar-refractivity contribution is 5.87. The molecule has 0 radical (unpaired) electrons. The first-order chi connectivity index (χ1) is 14.6. The molecule has 2 unspecified atom stereocenters. The molecule has 1 aromatic heterocycles.